The van der Waals surface area contributed by atoms with Crippen molar-refractivity contribution in [2.24, 2.45) is 0 Å². The zero-order valence-corrected chi connectivity index (χ0v) is 13.3. The van der Waals surface area contributed by atoms with Crippen LogP contribution in [0.5, 0.6) is 0 Å². The third-order valence-electron chi connectivity index (χ3n) is 4.28. The molecular formula is C17H20FN3O2. The lowest BCUT2D eigenvalue weighted by Gasteiger charge is -2.16. The van der Waals surface area contributed by atoms with Gasteiger partial charge in [-0.05, 0) is 44.5 Å². The van der Waals surface area contributed by atoms with Crippen LogP contribution in [0.4, 0.5) is 4.39 Å². The van der Waals surface area contributed by atoms with Crippen molar-refractivity contribution in [2.45, 2.75) is 32.9 Å². The second kappa shape index (κ2) is 6.50. The maximum Gasteiger partial charge on any atom is 0.251 e. The highest BCUT2D eigenvalue weighted by Crippen LogP contribution is 2.19. The van der Waals surface area contributed by atoms with E-state index in [2.05, 4.69) is 15.4 Å². The van der Waals surface area contributed by atoms with Gasteiger partial charge in [-0.25, -0.2) is 4.39 Å². The van der Waals surface area contributed by atoms with Crippen molar-refractivity contribution in [2.75, 3.05) is 13.1 Å². The molecule has 1 amide bonds. The Bertz CT molecular complexity index is 677. The fraction of sp³-hybridized carbons (Fsp3) is 0.412. The largest absolute Gasteiger partial charge is 0.361 e. The van der Waals surface area contributed by atoms with Crippen LogP contribution in [-0.4, -0.2) is 35.1 Å². The molecule has 1 fully saturated rings. The quantitative estimate of drug-likeness (QED) is 0.941. The summed E-state index contributed by atoms with van der Waals surface area (Å²) in [5.74, 6) is 0.350. The third-order valence-corrected chi connectivity index (χ3v) is 4.28. The molecule has 0 radical (unpaired) electrons. The first-order valence-electron chi connectivity index (χ1n) is 7.73. The number of aryl methyl sites for hydroxylation is 2. The zero-order chi connectivity index (χ0) is 16.4. The van der Waals surface area contributed by atoms with Crippen molar-refractivity contribution in [1.29, 1.82) is 0 Å². The van der Waals surface area contributed by atoms with E-state index < -0.39 is 0 Å². The van der Waals surface area contributed by atoms with Gasteiger partial charge in [-0.15, -0.1) is 0 Å². The van der Waals surface area contributed by atoms with Crippen molar-refractivity contribution < 1.29 is 13.7 Å². The Balaban J connectivity index is 1.55. The predicted molar refractivity (Wildman–Crippen MR) is 83.5 cm³/mol. The summed E-state index contributed by atoms with van der Waals surface area (Å²) in [7, 11) is 0. The molecule has 3 rings (SSSR count). The number of hydrogen-bond donors (Lipinski definition) is 1. The number of nitrogens with zero attached hydrogens (tertiary/aromatic N) is 2. The minimum absolute atomic E-state index is 0.105. The molecule has 0 saturated carbocycles. The van der Waals surface area contributed by atoms with Crippen LogP contribution in [0, 0.1) is 19.7 Å². The highest BCUT2D eigenvalue weighted by Gasteiger charge is 2.25. The molecule has 23 heavy (non-hydrogen) atoms. The van der Waals surface area contributed by atoms with Gasteiger partial charge in [-0.2, -0.15) is 0 Å². The van der Waals surface area contributed by atoms with Gasteiger partial charge in [-0.1, -0.05) is 5.16 Å². The van der Waals surface area contributed by atoms with Gasteiger partial charge in [0.25, 0.3) is 5.91 Å². The third kappa shape index (κ3) is 3.59. The second-order valence-electron chi connectivity index (χ2n) is 6.00. The number of amides is 1. The molecule has 6 heteroatoms. The van der Waals surface area contributed by atoms with Crippen molar-refractivity contribution >= 4 is 5.91 Å². The van der Waals surface area contributed by atoms with E-state index in [1.54, 1.807) is 0 Å². The summed E-state index contributed by atoms with van der Waals surface area (Å²) < 4.78 is 18.1. The normalized spacial score (nSPS) is 18.3. The Kier molecular flexibility index (Phi) is 4.43. The van der Waals surface area contributed by atoms with Crippen molar-refractivity contribution in [3.63, 3.8) is 0 Å². The maximum atomic E-state index is 12.9. The van der Waals surface area contributed by atoms with Gasteiger partial charge in [0.2, 0.25) is 0 Å². The van der Waals surface area contributed by atoms with Gasteiger partial charge in [0, 0.05) is 36.8 Å². The summed E-state index contributed by atoms with van der Waals surface area (Å²) in [6.45, 7) is 6.34. The van der Waals surface area contributed by atoms with Gasteiger partial charge in [0.15, 0.2) is 0 Å². The van der Waals surface area contributed by atoms with Gasteiger partial charge in [0.1, 0.15) is 11.6 Å². The van der Waals surface area contributed by atoms with E-state index in [-0.39, 0.29) is 17.8 Å². The van der Waals surface area contributed by atoms with Crippen LogP contribution in [-0.2, 0) is 6.54 Å². The zero-order valence-electron chi connectivity index (χ0n) is 13.3. The van der Waals surface area contributed by atoms with Crippen LogP contribution >= 0.6 is 0 Å². The average molecular weight is 317 g/mol. The second-order valence-corrected chi connectivity index (χ2v) is 6.00. The number of hydrogen-bond acceptors (Lipinski definition) is 4. The molecule has 1 unspecified atom stereocenters. The molecule has 1 saturated heterocycles. The number of nitrogens with one attached hydrogen (secondary N) is 1. The van der Waals surface area contributed by atoms with E-state index in [1.165, 1.54) is 24.3 Å². The Labute approximate surface area is 134 Å². The van der Waals surface area contributed by atoms with E-state index in [1.807, 2.05) is 13.8 Å². The summed E-state index contributed by atoms with van der Waals surface area (Å²) in [5.41, 5.74) is 2.52. The molecular weight excluding hydrogens is 297 g/mol. The minimum Gasteiger partial charge on any atom is -0.361 e. The summed E-state index contributed by atoms with van der Waals surface area (Å²) >= 11 is 0. The molecule has 1 aliphatic heterocycles. The number of likely N-dealkylation sites (tertiary alicyclic amines) is 1. The molecule has 0 aliphatic carbocycles. The van der Waals surface area contributed by atoms with Crippen LogP contribution in [0.15, 0.2) is 28.8 Å². The fourth-order valence-corrected chi connectivity index (χ4v) is 2.92. The SMILES string of the molecule is Cc1noc(C)c1CN1CCC(NC(=O)c2ccc(F)cc2)C1. The van der Waals surface area contributed by atoms with Gasteiger partial charge in [-0.3, -0.25) is 9.69 Å². The highest BCUT2D eigenvalue weighted by molar-refractivity contribution is 5.94. The molecule has 2 heterocycles. The predicted octanol–water partition coefficient (Wildman–Crippen LogP) is 2.43. The van der Waals surface area contributed by atoms with Crippen molar-refractivity contribution in [3.05, 3.63) is 52.7 Å². The van der Waals surface area contributed by atoms with Crippen LogP contribution in [0.25, 0.3) is 0 Å². The fourth-order valence-electron chi connectivity index (χ4n) is 2.92. The van der Waals surface area contributed by atoms with Gasteiger partial charge >= 0.3 is 0 Å². The number of benzene rings is 1. The Morgan fingerprint density at radius 3 is 2.78 bits per heavy atom. The van der Waals surface area contributed by atoms with E-state index >= 15 is 0 Å². The van der Waals surface area contributed by atoms with Crippen LogP contribution in [0.3, 0.4) is 0 Å². The summed E-state index contributed by atoms with van der Waals surface area (Å²) in [6, 6.07) is 5.70. The Morgan fingerprint density at radius 1 is 1.39 bits per heavy atom. The molecule has 2 aromatic rings. The molecule has 0 spiro atoms. The molecule has 1 aliphatic rings. The molecule has 1 atom stereocenters. The summed E-state index contributed by atoms with van der Waals surface area (Å²) in [4.78, 5) is 14.4. The van der Waals surface area contributed by atoms with Crippen LogP contribution in [0.1, 0.15) is 33.8 Å². The standard InChI is InChI=1S/C17H20FN3O2/c1-11-16(12(2)23-20-11)10-21-8-7-15(9-21)19-17(22)13-3-5-14(18)6-4-13/h3-6,15H,7-10H2,1-2H3,(H,19,22). The van der Waals surface area contributed by atoms with E-state index in [4.69, 9.17) is 4.52 Å². The van der Waals surface area contributed by atoms with Gasteiger partial charge < -0.3 is 9.84 Å². The number of carbonyl (C=O) groups is 1. The minimum atomic E-state index is -0.340. The number of halogens is 1. The average Bonchev–Trinajstić information content (AvgIpc) is 3.09. The lowest BCUT2D eigenvalue weighted by molar-refractivity contribution is 0.0937. The Hall–Kier alpha value is -2.21. The van der Waals surface area contributed by atoms with E-state index in [0.29, 0.717) is 5.56 Å². The van der Waals surface area contributed by atoms with Crippen molar-refractivity contribution in [3.8, 4) is 0 Å². The first-order chi connectivity index (χ1) is 11.0. The first-order valence-corrected chi connectivity index (χ1v) is 7.73. The maximum absolute atomic E-state index is 12.9. The smallest absolute Gasteiger partial charge is 0.251 e. The van der Waals surface area contributed by atoms with Crippen LogP contribution < -0.4 is 5.32 Å². The highest BCUT2D eigenvalue weighted by atomic mass is 19.1. The van der Waals surface area contributed by atoms with Crippen LogP contribution in [0.2, 0.25) is 0 Å². The van der Waals surface area contributed by atoms with Gasteiger partial charge in [0.05, 0.1) is 5.69 Å². The molecule has 0 bridgehead atoms. The monoisotopic (exact) mass is 317 g/mol. The molecule has 1 N–H and O–H groups in total. The summed E-state index contributed by atoms with van der Waals surface area (Å²) in [6.07, 6.45) is 0.899. The molecule has 122 valence electrons. The van der Waals surface area contributed by atoms with E-state index in [9.17, 15) is 9.18 Å². The first kappa shape index (κ1) is 15.7. The topological polar surface area (TPSA) is 58.4 Å². The lowest BCUT2D eigenvalue weighted by Crippen LogP contribution is -2.37. The lowest BCUT2D eigenvalue weighted by atomic mass is 10.2. The number of rotatable bonds is 4. The molecule has 1 aromatic carbocycles. The summed E-state index contributed by atoms with van der Waals surface area (Å²) in [5, 5.41) is 6.98. The van der Waals surface area contributed by atoms with E-state index in [0.717, 1.165) is 43.1 Å². The van der Waals surface area contributed by atoms with Crippen molar-refractivity contribution in [1.82, 2.24) is 15.4 Å². The number of aromatic nitrogens is 1. The number of carbonyl (C=O) groups excluding carboxylic acids is 1. The molecule has 5 nitrogen and oxygen atoms in total. The molecule has 1 aromatic heterocycles. The Morgan fingerprint density at radius 2 is 2.13 bits per heavy atom.